The minimum absolute atomic E-state index is 0.238. The summed E-state index contributed by atoms with van der Waals surface area (Å²) in [5, 5.41) is 86.9. The van der Waals surface area contributed by atoms with Crippen molar-refractivity contribution in [3.63, 3.8) is 0 Å². The van der Waals surface area contributed by atoms with Crippen LogP contribution in [0.5, 0.6) is 0 Å². The first kappa shape index (κ1) is 75.8. The van der Waals surface area contributed by atoms with E-state index < -0.39 is 86.8 Å². The predicted octanol–water partition coefficient (Wildman–Crippen LogP) is 12.9. The Hall–Kier alpha value is -2.31. The number of allylic oxidation sites excluding steroid dienone is 9. The number of carbonyl (C=O) groups excluding carboxylic acids is 1. The number of amides is 1. The highest BCUT2D eigenvalue weighted by Crippen LogP contribution is 2.30. The monoisotopic (exact) mass is 1160 g/mol. The van der Waals surface area contributed by atoms with Crippen LogP contribution in [0.25, 0.3) is 0 Å². The minimum Gasteiger partial charge on any atom is -0.394 e. The molecule has 1 amide bonds. The van der Waals surface area contributed by atoms with Gasteiger partial charge in [0.05, 0.1) is 32.0 Å². The molecular formula is C68H123NO13. The first-order valence-corrected chi connectivity index (χ1v) is 33.5. The number of aliphatic hydroxyl groups is 8. The lowest BCUT2D eigenvalue weighted by atomic mass is 9.97. The molecule has 12 atom stereocenters. The molecule has 82 heavy (non-hydrogen) atoms. The Morgan fingerprint density at radius 1 is 0.451 bits per heavy atom. The van der Waals surface area contributed by atoms with Gasteiger partial charge in [0, 0.05) is 6.42 Å². The van der Waals surface area contributed by atoms with Crippen molar-refractivity contribution in [2.24, 2.45) is 0 Å². The van der Waals surface area contributed by atoms with Crippen LogP contribution in [0.4, 0.5) is 0 Å². The highest BCUT2D eigenvalue weighted by molar-refractivity contribution is 5.76. The van der Waals surface area contributed by atoms with Crippen LogP contribution in [-0.2, 0) is 23.7 Å². The normalized spacial score (nSPS) is 24.3. The number of nitrogens with one attached hydrogen (secondary N) is 1. The van der Waals surface area contributed by atoms with E-state index in [9.17, 15) is 45.6 Å². The molecule has 2 saturated heterocycles. The maximum atomic E-state index is 13.2. The van der Waals surface area contributed by atoms with Crippen LogP contribution in [0.2, 0.25) is 0 Å². The summed E-state index contributed by atoms with van der Waals surface area (Å²) in [6, 6.07) is -0.911. The molecule has 2 heterocycles. The van der Waals surface area contributed by atoms with Crippen molar-refractivity contribution in [2.45, 2.75) is 344 Å². The van der Waals surface area contributed by atoms with Crippen LogP contribution >= 0.6 is 0 Å². The van der Waals surface area contributed by atoms with E-state index in [0.29, 0.717) is 6.42 Å². The summed E-state index contributed by atoms with van der Waals surface area (Å²) in [6.45, 7) is 2.66. The molecule has 2 rings (SSSR count). The number of aliphatic hydroxyl groups excluding tert-OH is 8. The smallest absolute Gasteiger partial charge is 0.220 e. The Labute approximate surface area is 498 Å². The minimum atomic E-state index is -1.79. The van der Waals surface area contributed by atoms with Crippen molar-refractivity contribution < 1.29 is 64.6 Å². The van der Waals surface area contributed by atoms with Crippen molar-refractivity contribution >= 4 is 5.91 Å². The lowest BCUT2D eigenvalue weighted by Gasteiger charge is -2.46. The molecule has 478 valence electrons. The molecule has 0 saturated carbocycles. The fourth-order valence-electron chi connectivity index (χ4n) is 10.9. The lowest BCUT2D eigenvalue weighted by Crippen LogP contribution is -2.65. The van der Waals surface area contributed by atoms with E-state index in [-0.39, 0.29) is 18.9 Å². The zero-order valence-corrected chi connectivity index (χ0v) is 51.7. The average Bonchev–Trinajstić information content (AvgIpc) is 3.38. The summed E-state index contributed by atoms with van der Waals surface area (Å²) >= 11 is 0. The molecule has 14 nitrogen and oxygen atoms in total. The Morgan fingerprint density at radius 3 is 1.29 bits per heavy atom. The van der Waals surface area contributed by atoms with Gasteiger partial charge in [-0.15, -0.1) is 0 Å². The predicted molar refractivity (Wildman–Crippen MR) is 332 cm³/mol. The third kappa shape index (κ3) is 37.3. The first-order chi connectivity index (χ1) is 40.1. The van der Waals surface area contributed by atoms with E-state index in [0.717, 1.165) is 64.2 Å². The van der Waals surface area contributed by atoms with E-state index in [2.05, 4.69) is 67.8 Å². The van der Waals surface area contributed by atoms with Gasteiger partial charge in [0.25, 0.3) is 0 Å². The molecule has 0 aliphatic carbocycles. The standard InChI is InChI=1S/C68H123NO13/c1-3-5-7-9-11-13-14-15-16-17-18-19-20-21-22-23-24-25-26-27-28-29-30-31-32-33-34-35-36-37-38-39-40-41-42-44-46-48-50-52-60(73)69-56(57(72)51-49-47-45-43-12-10-8-6-4-2)55-79-67-65(78)63(76)66(59(54-71)81-67)82-68-64(77)62(75)61(74)58(53-70)80-68/h5,7,11,13,15-16,18-19,49,51,56-59,61-68,70-72,74-78H,3-4,6,8-10,12,14,17,20-48,50,52-55H2,1-2H3,(H,69,73)/b7-5-,13-11-,16-15-,19-18-,51-49+. The van der Waals surface area contributed by atoms with Gasteiger partial charge >= 0.3 is 0 Å². The maximum Gasteiger partial charge on any atom is 0.220 e. The van der Waals surface area contributed by atoms with E-state index in [1.807, 2.05) is 6.08 Å². The van der Waals surface area contributed by atoms with Gasteiger partial charge in [-0.25, -0.2) is 0 Å². The van der Waals surface area contributed by atoms with Crippen LogP contribution in [-0.4, -0.2) is 140 Å². The second-order valence-corrected chi connectivity index (χ2v) is 23.6. The number of carbonyl (C=O) groups is 1. The molecule has 0 spiro atoms. The number of hydrogen-bond donors (Lipinski definition) is 9. The molecular weight excluding hydrogens is 1040 g/mol. The fraction of sp³-hybridized carbons (Fsp3) is 0.838. The molecule has 12 unspecified atom stereocenters. The molecule has 0 aromatic rings. The molecule has 0 radical (unpaired) electrons. The largest absolute Gasteiger partial charge is 0.394 e. The summed E-state index contributed by atoms with van der Waals surface area (Å²) in [5.74, 6) is -0.238. The van der Waals surface area contributed by atoms with Crippen LogP contribution in [0.3, 0.4) is 0 Å². The molecule has 2 aliphatic rings. The van der Waals surface area contributed by atoms with Crippen molar-refractivity contribution in [3.05, 3.63) is 60.8 Å². The highest BCUT2D eigenvalue weighted by Gasteiger charge is 2.51. The van der Waals surface area contributed by atoms with Crippen molar-refractivity contribution in [1.82, 2.24) is 5.32 Å². The topological polar surface area (TPSA) is 228 Å². The lowest BCUT2D eigenvalue weighted by molar-refractivity contribution is -0.359. The van der Waals surface area contributed by atoms with Crippen molar-refractivity contribution in [2.75, 3.05) is 19.8 Å². The number of ether oxygens (including phenoxy) is 4. The summed E-state index contributed by atoms with van der Waals surface area (Å²) in [5.41, 5.74) is 0. The number of hydrogen-bond acceptors (Lipinski definition) is 13. The quantitative estimate of drug-likeness (QED) is 0.0204. The van der Waals surface area contributed by atoms with Gasteiger partial charge in [0.15, 0.2) is 12.6 Å². The maximum absolute atomic E-state index is 13.2. The van der Waals surface area contributed by atoms with Gasteiger partial charge in [0.1, 0.15) is 48.8 Å². The Morgan fingerprint density at radius 2 is 0.841 bits per heavy atom. The number of unbranched alkanes of at least 4 members (excludes halogenated alkanes) is 33. The Kier molecular flexibility index (Phi) is 49.0. The molecule has 9 N–H and O–H groups in total. The zero-order valence-electron chi connectivity index (χ0n) is 51.7. The molecule has 2 fully saturated rings. The SMILES string of the molecule is CC/C=C\C/C=C\C/C=C\C/C=C\CCCCCCCCCCCCCCCCCCCCCCCCCCCCC(=O)NC(COC1OC(CO)C(OC2OC(CO)C(O)C(O)C2O)C(O)C1O)C(O)/C=C/CCCCCCCCC. The van der Waals surface area contributed by atoms with Gasteiger partial charge in [0.2, 0.25) is 5.91 Å². The fourth-order valence-corrected chi connectivity index (χ4v) is 10.9. The summed E-state index contributed by atoms with van der Waals surface area (Å²) in [7, 11) is 0. The van der Waals surface area contributed by atoms with Gasteiger partial charge in [-0.3, -0.25) is 4.79 Å². The van der Waals surface area contributed by atoms with Crippen LogP contribution in [0, 0.1) is 0 Å². The van der Waals surface area contributed by atoms with Crippen LogP contribution in [0.15, 0.2) is 60.8 Å². The summed E-state index contributed by atoms with van der Waals surface area (Å²) < 4.78 is 22.7. The highest BCUT2D eigenvalue weighted by atomic mass is 16.7. The Bertz CT molecular complexity index is 1610. The van der Waals surface area contributed by atoms with Crippen LogP contribution in [0.1, 0.15) is 271 Å². The third-order valence-electron chi connectivity index (χ3n) is 16.2. The van der Waals surface area contributed by atoms with Gasteiger partial charge in [-0.05, 0) is 57.8 Å². The second kappa shape index (κ2) is 53.0. The van der Waals surface area contributed by atoms with Crippen molar-refractivity contribution in [1.29, 1.82) is 0 Å². The van der Waals surface area contributed by atoms with Gasteiger partial charge in [-0.2, -0.15) is 0 Å². The Balaban J connectivity index is 1.51. The molecule has 0 bridgehead atoms. The zero-order chi connectivity index (χ0) is 59.5. The van der Waals surface area contributed by atoms with E-state index >= 15 is 0 Å². The summed E-state index contributed by atoms with van der Waals surface area (Å²) in [6.07, 6.45) is 53.3. The average molecular weight is 1160 g/mol. The van der Waals surface area contributed by atoms with E-state index in [4.69, 9.17) is 18.9 Å². The second-order valence-electron chi connectivity index (χ2n) is 23.6. The number of rotatable bonds is 54. The molecule has 0 aromatic heterocycles. The van der Waals surface area contributed by atoms with Gasteiger partial charge < -0.3 is 65.1 Å². The first-order valence-electron chi connectivity index (χ1n) is 33.5. The molecule has 2 aliphatic heterocycles. The van der Waals surface area contributed by atoms with E-state index in [1.165, 1.54) is 180 Å². The van der Waals surface area contributed by atoms with E-state index in [1.54, 1.807) is 6.08 Å². The van der Waals surface area contributed by atoms with Crippen LogP contribution < -0.4 is 5.32 Å². The van der Waals surface area contributed by atoms with Crippen molar-refractivity contribution in [3.8, 4) is 0 Å². The summed E-state index contributed by atoms with van der Waals surface area (Å²) in [4.78, 5) is 13.2. The molecule has 14 heteroatoms. The third-order valence-corrected chi connectivity index (χ3v) is 16.2. The molecule has 0 aromatic carbocycles. The van der Waals surface area contributed by atoms with Gasteiger partial charge in [-0.1, -0.05) is 267 Å².